The number of ether oxygens (including phenoxy) is 1. The summed E-state index contributed by atoms with van der Waals surface area (Å²) < 4.78 is 6.43. The molecule has 0 unspecified atom stereocenters. The predicted molar refractivity (Wildman–Crippen MR) is 79.3 cm³/mol. The zero-order chi connectivity index (χ0) is 13.5. The molecule has 2 aliphatic heterocycles. The molecule has 1 aliphatic carbocycles. The first kappa shape index (κ1) is 13.9. The largest absolute Gasteiger partial charge is 0.374 e. The minimum Gasteiger partial charge on any atom is -0.374 e. The fourth-order valence-electron chi connectivity index (χ4n) is 5.35. The smallest absolute Gasteiger partial charge is 0.0826 e. The normalized spacial score (nSPS) is 45.0. The van der Waals surface area contributed by atoms with E-state index >= 15 is 0 Å². The zero-order valence-electron chi connectivity index (χ0n) is 13.1. The molecule has 0 spiro atoms. The average Bonchev–Trinajstić information content (AvgIpc) is 2.94. The van der Waals surface area contributed by atoms with Crippen molar-refractivity contribution in [3.05, 3.63) is 0 Å². The molecule has 2 heteroatoms. The number of nitrogens with zero attached hydrogens (tertiary/aromatic N) is 1. The Balaban J connectivity index is 1.59. The lowest BCUT2D eigenvalue weighted by Gasteiger charge is -2.35. The fourth-order valence-corrected chi connectivity index (χ4v) is 5.35. The van der Waals surface area contributed by atoms with Gasteiger partial charge in [-0.05, 0) is 52.0 Å². The van der Waals surface area contributed by atoms with Crippen LogP contribution >= 0.6 is 0 Å². The Kier molecular flexibility index (Phi) is 3.68. The summed E-state index contributed by atoms with van der Waals surface area (Å²) in [6, 6.07) is 0. The lowest BCUT2D eigenvalue weighted by molar-refractivity contribution is -0.0575. The summed E-state index contributed by atoms with van der Waals surface area (Å²) in [5.74, 6) is 1.72. The first-order valence-corrected chi connectivity index (χ1v) is 8.50. The Morgan fingerprint density at radius 3 is 2.74 bits per heavy atom. The highest BCUT2D eigenvalue weighted by Crippen LogP contribution is 2.59. The lowest BCUT2D eigenvalue weighted by Crippen LogP contribution is -2.43. The van der Waals surface area contributed by atoms with Gasteiger partial charge in [-0.3, -0.25) is 4.90 Å². The standard InChI is InChI=1S/C17H31NO/c1-4-5-6-7-12-19-16(2)13-18-11-10-14-8-9-15(16)17(14,18)3/h14-15H,4-13H2,1-3H3/t14-,15+,16+,17+/m0/s1. The van der Waals surface area contributed by atoms with Crippen molar-refractivity contribution in [1.29, 1.82) is 0 Å². The van der Waals surface area contributed by atoms with E-state index in [-0.39, 0.29) is 5.60 Å². The van der Waals surface area contributed by atoms with Crippen LogP contribution in [-0.2, 0) is 4.74 Å². The van der Waals surface area contributed by atoms with Gasteiger partial charge in [0, 0.05) is 24.6 Å². The van der Waals surface area contributed by atoms with Gasteiger partial charge in [0.1, 0.15) is 0 Å². The second-order valence-electron chi connectivity index (χ2n) is 7.48. The van der Waals surface area contributed by atoms with Gasteiger partial charge in [-0.1, -0.05) is 26.2 Å². The maximum absolute atomic E-state index is 6.43. The van der Waals surface area contributed by atoms with Gasteiger partial charge in [-0.25, -0.2) is 0 Å². The van der Waals surface area contributed by atoms with Crippen molar-refractivity contribution in [3.8, 4) is 0 Å². The summed E-state index contributed by atoms with van der Waals surface area (Å²) in [4.78, 5) is 2.75. The monoisotopic (exact) mass is 265 g/mol. The van der Waals surface area contributed by atoms with E-state index in [0.29, 0.717) is 5.54 Å². The van der Waals surface area contributed by atoms with Crippen molar-refractivity contribution < 1.29 is 4.74 Å². The highest BCUT2D eigenvalue weighted by Gasteiger charge is 2.65. The molecule has 0 N–H and O–H groups in total. The van der Waals surface area contributed by atoms with Crippen LogP contribution in [0.25, 0.3) is 0 Å². The molecule has 0 amide bonds. The predicted octanol–water partition coefficient (Wildman–Crippen LogP) is 3.85. The molecule has 3 aliphatic rings. The Bertz CT molecular complexity index is 331. The highest BCUT2D eigenvalue weighted by molar-refractivity contribution is 5.18. The van der Waals surface area contributed by atoms with Crippen LogP contribution in [0.1, 0.15) is 65.7 Å². The molecule has 2 nitrogen and oxygen atoms in total. The van der Waals surface area contributed by atoms with E-state index in [1.54, 1.807) is 0 Å². The number of unbranched alkanes of at least 4 members (excludes halogenated alkanes) is 3. The molecule has 0 aromatic rings. The molecule has 0 radical (unpaired) electrons. The Morgan fingerprint density at radius 1 is 1.11 bits per heavy atom. The molecule has 110 valence electrons. The van der Waals surface area contributed by atoms with Crippen molar-refractivity contribution in [1.82, 2.24) is 4.90 Å². The third-order valence-electron chi connectivity index (χ3n) is 6.44. The van der Waals surface area contributed by atoms with Crippen LogP contribution in [0.15, 0.2) is 0 Å². The quantitative estimate of drug-likeness (QED) is 0.676. The van der Waals surface area contributed by atoms with Crippen molar-refractivity contribution in [2.75, 3.05) is 19.7 Å². The Morgan fingerprint density at radius 2 is 1.95 bits per heavy atom. The Hall–Kier alpha value is -0.0800. The first-order valence-electron chi connectivity index (χ1n) is 8.50. The summed E-state index contributed by atoms with van der Waals surface area (Å²) in [5, 5.41) is 0. The van der Waals surface area contributed by atoms with Crippen LogP contribution in [0.3, 0.4) is 0 Å². The van der Waals surface area contributed by atoms with Gasteiger partial charge >= 0.3 is 0 Å². The number of hydrogen-bond acceptors (Lipinski definition) is 2. The lowest BCUT2D eigenvalue weighted by atomic mass is 9.79. The molecule has 3 fully saturated rings. The molecular formula is C17H31NO. The minimum atomic E-state index is 0.135. The fraction of sp³-hybridized carbons (Fsp3) is 1.00. The second kappa shape index (κ2) is 5.04. The van der Waals surface area contributed by atoms with E-state index in [0.717, 1.165) is 18.4 Å². The third-order valence-corrected chi connectivity index (χ3v) is 6.44. The molecule has 0 aromatic carbocycles. The molecule has 0 bridgehead atoms. The van der Waals surface area contributed by atoms with Crippen LogP contribution < -0.4 is 0 Å². The van der Waals surface area contributed by atoms with Gasteiger partial charge < -0.3 is 4.74 Å². The molecular weight excluding hydrogens is 234 g/mol. The van der Waals surface area contributed by atoms with E-state index in [9.17, 15) is 0 Å². The van der Waals surface area contributed by atoms with E-state index in [2.05, 4.69) is 25.7 Å². The van der Waals surface area contributed by atoms with Gasteiger partial charge in [0.25, 0.3) is 0 Å². The van der Waals surface area contributed by atoms with Gasteiger partial charge in [0.15, 0.2) is 0 Å². The summed E-state index contributed by atoms with van der Waals surface area (Å²) in [7, 11) is 0. The molecule has 1 saturated carbocycles. The maximum atomic E-state index is 6.43. The van der Waals surface area contributed by atoms with Gasteiger partial charge in [-0.2, -0.15) is 0 Å². The van der Waals surface area contributed by atoms with Crippen molar-refractivity contribution >= 4 is 0 Å². The van der Waals surface area contributed by atoms with Crippen molar-refractivity contribution in [2.24, 2.45) is 11.8 Å². The van der Waals surface area contributed by atoms with Gasteiger partial charge in [-0.15, -0.1) is 0 Å². The molecule has 0 aromatic heterocycles. The zero-order valence-corrected chi connectivity index (χ0v) is 13.1. The van der Waals surface area contributed by atoms with Crippen molar-refractivity contribution in [3.63, 3.8) is 0 Å². The molecule has 2 heterocycles. The van der Waals surface area contributed by atoms with Crippen LogP contribution in [0.4, 0.5) is 0 Å². The second-order valence-corrected chi connectivity index (χ2v) is 7.48. The van der Waals surface area contributed by atoms with E-state index in [1.165, 1.54) is 58.0 Å². The minimum absolute atomic E-state index is 0.135. The number of rotatable bonds is 6. The first-order chi connectivity index (χ1) is 9.11. The summed E-state index contributed by atoms with van der Waals surface area (Å²) in [5.41, 5.74) is 0.605. The average molecular weight is 265 g/mol. The highest BCUT2D eigenvalue weighted by atomic mass is 16.5. The third kappa shape index (κ3) is 2.06. The van der Waals surface area contributed by atoms with E-state index in [1.807, 2.05) is 0 Å². The van der Waals surface area contributed by atoms with Crippen molar-refractivity contribution in [2.45, 2.75) is 76.9 Å². The summed E-state index contributed by atoms with van der Waals surface area (Å²) in [6.07, 6.45) is 9.51. The summed E-state index contributed by atoms with van der Waals surface area (Å²) in [6.45, 7) is 10.6. The van der Waals surface area contributed by atoms with Crippen LogP contribution in [0.2, 0.25) is 0 Å². The molecule has 2 saturated heterocycles. The maximum Gasteiger partial charge on any atom is 0.0826 e. The van der Waals surface area contributed by atoms with E-state index < -0.39 is 0 Å². The Labute approximate surface area is 118 Å². The SMILES string of the molecule is CCCCCCO[C@]1(C)CN2CC[C@@H]3CC[C@H]1[C@@]32C. The van der Waals surface area contributed by atoms with Crippen LogP contribution in [-0.4, -0.2) is 35.7 Å². The van der Waals surface area contributed by atoms with Crippen LogP contribution in [0, 0.1) is 11.8 Å². The van der Waals surface area contributed by atoms with E-state index in [4.69, 9.17) is 4.74 Å². The van der Waals surface area contributed by atoms with Gasteiger partial charge in [0.05, 0.1) is 5.60 Å². The van der Waals surface area contributed by atoms with Gasteiger partial charge in [0.2, 0.25) is 0 Å². The molecule has 19 heavy (non-hydrogen) atoms. The molecule has 3 rings (SSSR count). The number of hydrogen-bond donors (Lipinski definition) is 0. The van der Waals surface area contributed by atoms with Crippen LogP contribution in [0.5, 0.6) is 0 Å². The summed E-state index contributed by atoms with van der Waals surface area (Å²) >= 11 is 0. The topological polar surface area (TPSA) is 12.5 Å². The molecule has 4 atom stereocenters.